The average Bonchev–Trinajstić information content (AvgIpc) is 2.81. The number of allylic oxidation sites excluding steroid dienone is 1. The Labute approximate surface area is 184 Å². The zero-order chi connectivity index (χ0) is 21.9. The Morgan fingerprint density at radius 1 is 1.13 bits per heavy atom. The summed E-state index contributed by atoms with van der Waals surface area (Å²) in [5, 5.41) is 8.75. The minimum Gasteiger partial charge on any atom is -0.493 e. The quantitative estimate of drug-likeness (QED) is 0.426. The van der Waals surface area contributed by atoms with Crippen molar-refractivity contribution in [3.05, 3.63) is 65.9 Å². The van der Waals surface area contributed by atoms with Crippen molar-refractivity contribution < 1.29 is 18.9 Å². The van der Waals surface area contributed by atoms with Crippen LogP contribution in [0.1, 0.15) is 17.5 Å². The molecule has 6 heteroatoms. The van der Waals surface area contributed by atoms with E-state index in [2.05, 4.69) is 29.2 Å². The van der Waals surface area contributed by atoms with Crippen molar-refractivity contribution in [2.75, 3.05) is 40.5 Å². The van der Waals surface area contributed by atoms with Gasteiger partial charge in [-0.3, -0.25) is 0 Å². The van der Waals surface area contributed by atoms with Gasteiger partial charge in [-0.1, -0.05) is 30.3 Å². The highest BCUT2D eigenvalue weighted by molar-refractivity contribution is 5.54. The summed E-state index contributed by atoms with van der Waals surface area (Å²) < 4.78 is 23.1. The third kappa shape index (κ3) is 6.66. The molecule has 0 amide bonds. The molecule has 2 aromatic carbocycles. The predicted molar refractivity (Wildman–Crippen MR) is 120 cm³/mol. The highest BCUT2D eigenvalue weighted by atomic mass is 16.5. The number of hydrogen-bond donors (Lipinski definition) is 0. The number of ether oxygens (including phenoxy) is 4. The number of aryl methyl sites for hydroxylation is 1. The monoisotopic (exact) mass is 422 g/mol. The van der Waals surface area contributed by atoms with Crippen molar-refractivity contribution in [2.45, 2.75) is 25.4 Å². The molecular formula is C25H30N2O4. The molecule has 1 fully saturated rings. The lowest BCUT2D eigenvalue weighted by Gasteiger charge is -2.32. The van der Waals surface area contributed by atoms with Gasteiger partial charge in [0.05, 0.1) is 39.6 Å². The van der Waals surface area contributed by atoms with Crippen LogP contribution in [0.4, 0.5) is 0 Å². The van der Waals surface area contributed by atoms with Crippen LogP contribution in [0.2, 0.25) is 0 Å². The summed E-state index contributed by atoms with van der Waals surface area (Å²) in [5.74, 6) is 1.94. The lowest BCUT2D eigenvalue weighted by atomic mass is 10.0. The van der Waals surface area contributed by atoms with Crippen molar-refractivity contribution in [2.24, 2.45) is 0 Å². The number of morpholine rings is 1. The molecular weight excluding hydrogens is 392 g/mol. The Hall–Kier alpha value is -3.17. The Balaban J connectivity index is 1.65. The lowest BCUT2D eigenvalue weighted by molar-refractivity contribution is -0.0116. The van der Waals surface area contributed by atoms with E-state index >= 15 is 0 Å². The molecule has 0 radical (unpaired) electrons. The standard InChI is InChI=1S/C25H30N2O4/c1-28-23-17-21(16-22-19-27(12-7-11-26)13-15-30-22)18-24(25(23)29-2)31-14-6-10-20-8-4-3-5-9-20/h3-5,7-9,12,17-18,22H,6,10,13-16,19H2,1-2H3. The fraction of sp³-hybridized carbons (Fsp3) is 0.400. The van der Waals surface area contributed by atoms with E-state index in [0.29, 0.717) is 30.5 Å². The summed E-state index contributed by atoms with van der Waals surface area (Å²) in [6, 6.07) is 16.4. The number of nitrogens with zero attached hydrogens (tertiary/aromatic N) is 2. The highest BCUT2D eigenvalue weighted by Crippen LogP contribution is 2.39. The molecule has 0 spiro atoms. The average molecular weight is 423 g/mol. The fourth-order valence-electron chi connectivity index (χ4n) is 3.71. The lowest BCUT2D eigenvalue weighted by Crippen LogP contribution is -2.40. The molecule has 0 N–H and O–H groups in total. The summed E-state index contributed by atoms with van der Waals surface area (Å²) >= 11 is 0. The first kappa shape index (κ1) is 22.5. The summed E-state index contributed by atoms with van der Waals surface area (Å²) in [6.45, 7) is 2.75. The van der Waals surface area contributed by atoms with Crippen molar-refractivity contribution in [1.82, 2.24) is 4.90 Å². The second kappa shape index (κ2) is 11.9. The van der Waals surface area contributed by atoms with E-state index in [4.69, 9.17) is 24.2 Å². The number of rotatable bonds is 10. The van der Waals surface area contributed by atoms with E-state index < -0.39 is 0 Å². The van der Waals surface area contributed by atoms with Gasteiger partial charge < -0.3 is 23.8 Å². The van der Waals surface area contributed by atoms with Crippen LogP contribution in [0.25, 0.3) is 0 Å². The van der Waals surface area contributed by atoms with E-state index in [-0.39, 0.29) is 6.10 Å². The number of nitriles is 1. The SMILES string of the molecule is COc1cc(CC2CN(C=CC#N)CCO2)cc(OCCCc2ccccc2)c1OC. The maximum Gasteiger partial charge on any atom is 0.203 e. The first-order chi connectivity index (χ1) is 15.2. The maximum atomic E-state index is 8.75. The molecule has 164 valence electrons. The van der Waals surface area contributed by atoms with Gasteiger partial charge in [-0.05, 0) is 36.1 Å². The van der Waals surface area contributed by atoms with Gasteiger partial charge in [0.15, 0.2) is 11.5 Å². The van der Waals surface area contributed by atoms with E-state index in [1.807, 2.05) is 30.5 Å². The summed E-state index contributed by atoms with van der Waals surface area (Å²) in [4.78, 5) is 2.11. The molecule has 0 aromatic heterocycles. The van der Waals surface area contributed by atoms with Crippen molar-refractivity contribution in [1.29, 1.82) is 5.26 Å². The molecule has 0 bridgehead atoms. The molecule has 1 aliphatic heterocycles. The summed E-state index contributed by atoms with van der Waals surface area (Å²) in [5.41, 5.74) is 2.36. The van der Waals surface area contributed by atoms with Crippen LogP contribution < -0.4 is 14.2 Å². The Kier molecular flexibility index (Phi) is 8.62. The van der Waals surface area contributed by atoms with Crippen LogP contribution in [0.3, 0.4) is 0 Å². The number of methoxy groups -OCH3 is 2. The van der Waals surface area contributed by atoms with Gasteiger partial charge >= 0.3 is 0 Å². The second-order valence-corrected chi connectivity index (χ2v) is 7.40. The van der Waals surface area contributed by atoms with Crippen molar-refractivity contribution in [3.8, 4) is 23.3 Å². The minimum atomic E-state index is 0.0288. The van der Waals surface area contributed by atoms with Gasteiger partial charge in [-0.2, -0.15) is 5.26 Å². The third-order valence-corrected chi connectivity index (χ3v) is 5.21. The zero-order valence-corrected chi connectivity index (χ0v) is 18.3. The molecule has 0 aliphatic carbocycles. The smallest absolute Gasteiger partial charge is 0.203 e. The van der Waals surface area contributed by atoms with E-state index in [1.54, 1.807) is 14.2 Å². The fourth-order valence-corrected chi connectivity index (χ4v) is 3.71. The maximum absolute atomic E-state index is 8.75. The normalized spacial score (nSPS) is 16.2. The molecule has 3 rings (SSSR count). The van der Waals surface area contributed by atoms with Crippen LogP contribution in [0, 0.1) is 11.3 Å². The zero-order valence-electron chi connectivity index (χ0n) is 18.3. The molecule has 6 nitrogen and oxygen atoms in total. The van der Waals surface area contributed by atoms with Gasteiger partial charge in [-0.25, -0.2) is 0 Å². The van der Waals surface area contributed by atoms with Crippen LogP contribution in [0.5, 0.6) is 17.2 Å². The van der Waals surface area contributed by atoms with Gasteiger partial charge in [0.1, 0.15) is 0 Å². The minimum absolute atomic E-state index is 0.0288. The van der Waals surface area contributed by atoms with Crippen LogP contribution >= 0.6 is 0 Å². The predicted octanol–water partition coefficient (Wildman–Crippen LogP) is 4.00. The van der Waals surface area contributed by atoms with Gasteiger partial charge in [0.2, 0.25) is 5.75 Å². The van der Waals surface area contributed by atoms with E-state index in [1.165, 1.54) is 11.6 Å². The molecule has 1 atom stereocenters. The molecule has 31 heavy (non-hydrogen) atoms. The second-order valence-electron chi connectivity index (χ2n) is 7.40. The topological polar surface area (TPSA) is 64.0 Å². The summed E-state index contributed by atoms with van der Waals surface area (Å²) in [6.07, 6.45) is 5.94. The van der Waals surface area contributed by atoms with Crippen LogP contribution in [0.15, 0.2) is 54.7 Å². The van der Waals surface area contributed by atoms with Gasteiger partial charge in [0, 0.05) is 31.8 Å². The van der Waals surface area contributed by atoms with Crippen LogP contribution in [-0.2, 0) is 17.6 Å². The highest BCUT2D eigenvalue weighted by Gasteiger charge is 2.21. The molecule has 1 unspecified atom stereocenters. The Morgan fingerprint density at radius 3 is 2.68 bits per heavy atom. The number of hydrogen-bond acceptors (Lipinski definition) is 6. The van der Waals surface area contributed by atoms with Crippen LogP contribution in [-0.4, -0.2) is 51.5 Å². The Morgan fingerprint density at radius 2 is 1.94 bits per heavy atom. The van der Waals surface area contributed by atoms with Crippen molar-refractivity contribution in [3.63, 3.8) is 0 Å². The first-order valence-electron chi connectivity index (χ1n) is 10.6. The van der Waals surface area contributed by atoms with E-state index in [9.17, 15) is 0 Å². The number of benzene rings is 2. The molecule has 1 aliphatic rings. The molecule has 2 aromatic rings. The Bertz CT molecular complexity index is 892. The molecule has 0 saturated carbocycles. The third-order valence-electron chi connectivity index (χ3n) is 5.21. The van der Waals surface area contributed by atoms with E-state index in [0.717, 1.165) is 37.9 Å². The largest absolute Gasteiger partial charge is 0.493 e. The van der Waals surface area contributed by atoms with Crippen molar-refractivity contribution >= 4 is 0 Å². The summed E-state index contributed by atoms with van der Waals surface area (Å²) in [7, 11) is 3.25. The van der Waals surface area contributed by atoms with Gasteiger partial charge in [-0.15, -0.1) is 0 Å². The molecule has 1 saturated heterocycles. The first-order valence-corrected chi connectivity index (χ1v) is 10.6. The molecule has 1 heterocycles. The van der Waals surface area contributed by atoms with Gasteiger partial charge in [0.25, 0.3) is 0 Å².